The molecule has 1 aromatic heterocycles. The van der Waals surface area contributed by atoms with E-state index in [4.69, 9.17) is 4.74 Å². The van der Waals surface area contributed by atoms with Gasteiger partial charge in [-0.25, -0.2) is 9.98 Å². The summed E-state index contributed by atoms with van der Waals surface area (Å²) in [6, 6.07) is 7.88. The molecule has 5 nitrogen and oxygen atoms in total. The second-order valence-corrected chi connectivity index (χ2v) is 6.37. The second-order valence-electron chi connectivity index (χ2n) is 5.43. The molecule has 2 rings (SSSR count). The second kappa shape index (κ2) is 11.4. The Kier molecular flexibility index (Phi) is 10.0. The fraction of sp³-hybridized carbons (Fsp3) is 0.412. The number of halogens is 4. The molecule has 0 aliphatic heterocycles. The summed E-state index contributed by atoms with van der Waals surface area (Å²) in [5.74, 6) is 0.522. The van der Waals surface area contributed by atoms with E-state index in [1.165, 1.54) is 0 Å². The Morgan fingerprint density at radius 2 is 2.00 bits per heavy atom. The average Bonchev–Trinajstić information content (AvgIpc) is 3.07. The lowest BCUT2D eigenvalue weighted by Crippen LogP contribution is -2.36. The van der Waals surface area contributed by atoms with Crippen molar-refractivity contribution in [3.63, 3.8) is 0 Å². The van der Waals surface area contributed by atoms with Gasteiger partial charge in [0.25, 0.3) is 0 Å². The van der Waals surface area contributed by atoms with E-state index in [0.29, 0.717) is 30.7 Å². The number of nitrogens with one attached hydrogen (secondary N) is 2. The van der Waals surface area contributed by atoms with Crippen LogP contribution in [0.5, 0.6) is 0 Å². The third-order valence-electron chi connectivity index (χ3n) is 3.32. The molecule has 0 saturated heterocycles. The van der Waals surface area contributed by atoms with Gasteiger partial charge in [-0.3, -0.25) is 0 Å². The number of alkyl halides is 3. The highest BCUT2D eigenvalue weighted by molar-refractivity contribution is 14.0. The zero-order valence-electron chi connectivity index (χ0n) is 15.0. The van der Waals surface area contributed by atoms with Crippen LogP contribution in [0.4, 0.5) is 13.2 Å². The average molecular weight is 514 g/mol. The first kappa shape index (κ1) is 23.6. The Balaban J connectivity index is 0.00000364. The first-order valence-corrected chi connectivity index (χ1v) is 8.91. The van der Waals surface area contributed by atoms with Crippen LogP contribution in [0.3, 0.4) is 0 Å². The Morgan fingerprint density at radius 3 is 2.63 bits per heavy atom. The summed E-state index contributed by atoms with van der Waals surface area (Å²) in [6.45, 7) is 3.71. The van der Waals surface area contributed by atoms with Crippen LogP contribution in [0, 0.1) is 0 Å². The molecule has 1 heterocycles. The summed E-state index contributed by atoms with van der Waals surface area (Å²) in [4.78, 5) is 8.06. The van der Waals surface area contributed by atoms with Crippen LogP contribution in [-0.4, -0.2) is 24.6 Å². The van der Waals surface area contributed by atoms with E-state index in [9.17, 15) is 13.2 Å². The van der Waals surface area contributed by atoms with Crippen molar-refractivity contribution in [2.45, 2.75) is 32.8 Å². The van der Waals surface area contributed by atoms with Gasteiger partial charge in [0.1, 0.15) is 5.01 Å². The standard InChI is InChI=1S/C17H21F3N4OS.HI/c1-3-21-16(22-8-12-5-4-6-13(7-12)10-25-2)23-9-15-24-14(11-26-15)17(18,19)20;/h4-7,11H,3,8-10H2,1-2H3,(H2,21,22,23);1H. The summed E-state index contributed by atoms with van der Waals surface area (Å²) in [5, 5.41) is 7.44. The van der Waals surface area contributed by atoms with Gasteiger partial charge in [0.15, 0.2) is 11.7 Å². The first-order chi connectivity index (χ1) is 12.4. The molecular formula is C17H22F3IN4OS. The van der Waals surface area contributed by atoms with Gasteiger partial charge in [0.05, 0.1) is 19.7 Å². The number of methoxy groups -OCH3 is 1. The van der Waals surface area contributed by atoms with Gasteiger partial charge in [-0.2, -0.15) is 13.2 Å². The maximum Gasteiger partial charge on any atom is 0.434 e. The quantitative estimate of drug-likeness (QED) is 0.331. The summed E-state index contributed by atoms with van der Waals surface area (Å²) >= 11 is 0.968. The van der Waals surface area contributed by atoms with Crippen molar-refractivity contribution in [3.8, 4) is 0 Å². The lowest BCUT2D eigenvalue weighted by molar-refractivity contribution is -0.140. The minimum atomic E-state index is -4.42. The maximum absolute atomic E-state index is 12.6. The number of guanidine groups is 1. The number of thiazole rings is 1. The molecule has 0 aliphatic rings. The molecule has 2 N–H and O–H groups in total. The van der Waals surface area contributed by atoms with Crippen LogP contribution >= 0.6 is 35.3 Å². The molecule has 0 atom stereocenters. The maximum atomic E-state index is 12.6. The molecular weight excluding hydrogens is 492 g/mol. The SMILES string of the molecule is CCNC(=NCc1cccc(COC)c1)NCc1nc(C(F)(F)F)cs1.I. The minimum absolute atomic E-state index is 0. The van der Waals surface area contributed by atoms with E-state index in [1.54, 1.807) is 7.11 Å². The Bertz CT molecular complexity index is 737. The van der Waals surface area contributed by atoms with Gasteiger partial charge in [-0.05, 0) is 18.1 Å². The zero-order valence-corrected chi connectivity index (χ0v) is 18.1. The molecule has 0 unspecified atom stereocenters. The molecule has 27 heavy (non-hydrogen) atoms. The third kappa shape index (κ3) is 8.01. The molecule has 0 amide bonds. The molecule has 0 radical (unpaired) electrons. The zero-order chi connectivity index (χ0) is 19.0. The monoisotopic (exact) mass is 514 g/mol. The van der Waals surface area contributed by atoms with E-state index in [0.717, 1.165) is 27.8 Å². The van der Waals surface area contributed by atoms with E-state index >= 15 is 0 Å². The molecule has 0 bridgehead atoms. The molecule has 0 fully saturated rings. The smallest absolute Gasteiger partial charge is 0.380 e. The fourth-order valence-corrected chi connectivity index (χ4v) is 2.92. The van der Waals surface area contributed by atoms with Gasteiger partial charge in [-0.1, -0.05) is 24.3 Å². The highest BCUT2D eigenvalue weighted by Crippen LogP contribution is 2.29. The van der Waals surface area contributed by atoms with Crippen LogP contribution < -0.4 is 10.6 Å². The third-order valence-corrected chi connectivity index (χ3v) is 4.16. The molecule has 0 saturated carbocycles. The number of aromatic nitrogens is 1. The number of hydrogen-bond donors (Lipinski definition) is 2. The first-order valence-electron chi connectivity index (χ1n) is 8.03. The number of ether oxygens (including phenoxy) is 1. The van der Waals surface area contributed by atoms with Gasteiger partial charge < -0.3 is 15.4 Å². The Labute approximate surface area is 177 Å². The Hall–Kier alpha value is -1.40. The predicted molar refractivity (Wildman–Crippen MR) is 111 cm³/mol. The predicted octanol–water partition coefficient (Wildman–Crippen LogP) is 4.18. The minimum Gasteiger partial charge on any atom is -0.380 e. The van der Waals surface area contributed by atoms with Crippen molar-refractivity contribution >= 4 is 41.3 Å². The van der Waals surface area contributed by atoms with Crippen LogP contribution in [-0.2, 0) is 30.6 Å². The van der Waals surface area contributed by atoms with Crippen molar-refractivity contribution in [1.82, 2.24) is 15.6 Å². The summed E-state index contributed by atoms with van der Waals surface area (Å²) in [5.41, 5.74) is 1.21. The van der Waals surface area contributed by atoms with Crippen LogP contribution in [0.25, 0.3) is 0 Å². The van der Waals surface area contributed by atoms with Crippen molar-refractivity contribution in [2.24, 2.45) is 4.99 Å². The highest BCUT2D eigenvalue weighted by Gasteiger charge is 2.33. The number of aliphatic imine (C=N–C) groups is 1. The number of hydrogen-bond acceptors (Lipinski definition) is 4. The van der Waals surface area contributed by atoms with Crippen LogP contribution in [0.15, 0.2) is 34.6 Å². The normalized spacial score (nSPS) is 11.8. The van der Waals surface area contributed by atoms with Gasteiger partial charge in [0.2, 0.25) is 0 Å². The van der Waals surface area contributed by atoms with E-state index in [1.807, 2.05) is 31.2 Å². The van der Waals surface area contributed by atoms with Crippen molar-refractivity contribution in [2.75, 3.05) is 13.7 Å². The lowest BCUT2D eigenvalue weighted by atomic mass is 10.1. The number of rotatable bonds is 7. The molecule has 150 valence electrons. The van der Waals surface area contributed by atoms with E-state index < -0.39 is 11.9 Å². The van der Waals surface area contributed by atoms with E-state index in [2.05, 4.69) is 20.6 Å². The lowest BCUT2D eigenvalue weighted by Gasteiger charge is -2.10. The van der Waals surface area contributed by atoms with Gasteiger partial charge in [-0.15, -0.1) is 35.3 Å². The van der Waals surface area contributed by atoms with Gasteiger partial charge in [0, 0.05) is 19.0 Å². The molecule has 0 aliphatic carbocycles. The number of nitrogens with zero attached hydrogens (tertiary/aromatic N) is 2. The van der Waals surface area contributed by atoms with Crippen LogP contribution in [0.1, 0.15) is 28.8 Å². The molecule has 0 spiro atoms. The molecule has 1 aromatic carbocycles. The summed E-state index contributed by atoms with van der Waals surface area (Å²) < 4.78 is 42.9. The topological polar surface area (TPSA) is 58.5 Å². The number of benzene rings is 1. The fourth-order valence-electron chi connectivity index (χ4n) is 2.18. The van der Waals surface area contributed by atoms with Crippen LogP contribution in [0.2, 0.25) is 0 Å². The summed E-state index contributed by atoms with van der Waals surface area (Å²) in [7, 11) is 1.64. The van der Waals surface area contributed by atoms with E-state index in [-0.39, 0.29) is 30.5 Å². The molecule has 2 aromatic rings. The Morgan fingerprint density at radius 1 is 1.26 bits per heavy atom. The largest absolute Gasteiger partial charge is 0.434 e. The van der Waals surface area contributed by atoms with Crippen molar-refractivity contribution in [3.05, 3.63) is 51.5 Å². The van der Waals surface area contributed by atoms with Crippen molar-refractivity contribution < 1.29 is 17.9 Å². The summed E-state index contributed by atoms with van der Waals surface area (Å²) in [6.07, 6.45) is -4.42. The van der Waals surface area contributed by atoms with Crippen molar-refractivity contribution in [1.29, 1.82) is 0 Å². The highest BCUT2D eigenvalue weighted by atomic mass is 127. The molecule has 10 heteroatoms. The van der Waals surface area contributed by atoms with Gasteiger partial charge >= 0.3 is 6.18 Å².